The summed E-state index contributed by atoms with van der Waals surface area (Å²) >= 11 is 7.69. The molecule has 0 spiro atoms. The number of hydrogen-bond donors (Lipinski definition) is 4. The zero-order valence-electron chi connectivity index (χ0n) is 23.4. The van der Waals surface area contributed by atoms with Crippen molar-refractivity contribution in [3.05, 3.63) is 81.4 Å². The Morgan fingerprint density at radius 1 is 1.09 bits per heavy atom. The number of amides is 3. The highest BCUT2D eigenvalue weighted by atomic mass is 35.5. The first kappa shape index (κ1) is 31.7. The lowest BCUT2D eigenvalue weighted by Crippen LogP contribution is -2.40. The van der Waals surface area contributed by atoms with Crippen LogP contribution in [-0.2, 0) is 17.6 Å². The predicted molar refractivity (Wildman–Crippen MR) is 165 cm³/mol. The molecule has 0 radical (unpaired) electrons. The van der Waals surface area contributed by atoms with Crippen molar-refractivity contribution in [2.24, 2.45) is 0 Å². The molecule has 4 N–H and O–H groups in total. The average molecular weight is 659 g/mol. The molecule has 6 bridgehead atoms. The number of urea groups is 1. The van der Waals surface area contributed by atoms with Crippen LogP contribution in [0.25, 0.3) is 0 Å². The van der Waals surface area contributed by atoms with Crippen LogP contribution in [0.5, 0.6) is 0 Å². The SMILES string of the molecule is O=C(Nc1ccc2cc1CCc1cccc(c1)Nc1ncc(Cl)c(n1)N2)N[C@H]1CCN(C(=O)c2nccs2)C1.O=CC(F)(F)F. The molecule has 1 saturated heterocycles. The Balaban J connectivity index is 0.000000609. The predicted octanol–water partition coefficient (Wildman–Crippen LogP) is 5.96. The highest BCUT2D eigenvalue weighted by molar-refractivity contribution is 7.11. The largest absolute Gasteiger partial charge is 0.446 e. The van der Waals surface area contributed by atoms with Crippen molar-refractivity contribution >= 4 is 70.0 Å². The Hall–Kier alpha value is -4.76. The van der Waals surface area contributed by atoms with Crippen LogP contribution in [0.3, 0.4) is 0 Å². The van der Waals surface area contributed by atoms with Crippen molar-refractivity contribution < 1.29 is 27.6 Å². The van der Waals surface area contributed by atoms with E-state index in [1.807, 2.05) is 30.3 Å². The summed E-state index contributed by atoms with van der Waals surface area (Å²) in [5.41, 5.74) is 4.48. The van der Waals surface area contributed by atoms with Gasteiger partial charge in [0, 0.05) is 47.8 Å². The zero-order chi connectivity index (χ0) is 32.0. The summed E-state index contributed by atoms with van der Waals surface area (Å²) in [6.45, 7) is 1.03. The zero-order valence-corrected chi connectivity index (χ0v) is 25.0. The standard InChI is InChI=1S/C27H25ClN8O2S.C2HF3O/c28-21-14-30-26-32-18-3-1-2-16(12-18)4-5-17-13-19(31-23(21)35-26)6-7-22(17)34-27(38)33-20-8-10-36(15-20)25(37)24-29-9-11-39-24;3-2(4,5)1-6/h1-3,6-7,9,11-14,20H,4-5,8,10,15H2,(H2,33,34,38)(H2,30,31,32,35);1H/t20-;/m0./s1. The minimum Gasteiger partial charge on any atom is -0.339 e. The average Bonchev–Trinajstić information content (AvgIpc) is 3.71. The summed E-state index contributed by atoms with van der Waals surface area (Å²) in [4.78, 5) is 48.9. The summed E-state index contributed by atoms with van der Waals surface area (Å²) in [5, 5.41) is 15.2. The Morgan fingerprint density at radius 2 is 1.89 bits per heavy atom. The fraction of sp³-hybridized carbons (Fsp3) is 0.241. The quantitative estimate of drug-likeness (QED) is 0.198. The fourth-order valence-corrected chi connectivity index (χ4v) is 5.48. The molecule has 6 rings (SSSR count). The van der Waals surface area contributed by atoms with Gasteiger partial charge in [-0.15, -0.1) is 11.3 Å². The van der Waals surface area contributed by atoms with Gasteiger partial charge in [0.25, 0.3) is 5.91 Å². The van der Waals surface area contributed by atoms with Gasteiger partial charge in [-0.3, -0.25) is 9.59 Å². The molecule has 2 aliphatic rings. The number of carbonyl (C=O) groups is 3. The molecule has 4 aromatic rings. The van der Waals surface area contributed by atoms with Gasteiger partial charge in [-0.1, -0.05) is 23.7 Å². The number of likely N-dealkylation sites (tertiary alicyclic amines) is 1. The van der Waals surface area contributed by atoms with Gasteiger partial charge in [0.1, 0.15) is 5.02 Å². The Kier molecular flexibility index (Phi) is 9.78. The van der Waals surface area contributed by atoms with Crippen LogP contribution in [0.15, 0.2) is 60.2 Å². The number of hydrogen-bond acceptors (Lipinski definition) is 9. The lowest BCUT2D eigenvalue weighted by atomic mass is 10.0. The molecule has 45 heavy (non-hydrogen) atoms. The van der Waals surface area contributed by atoms with E-state index in [9.17, 15) is 22.8 Å². The molecule has 234 valence electrons. The third-order valence-corrected chi connectivity index (χ3v) is 7.82. The molecular formula is C29H26ClF3N8O3S. The van der Waals surface area contributed by atoms with E-state index < -0.39 is 12.5 Å². The van der Waals surface area contributed by atoms with E-state index in [0.717, 1.165) is 28.9 Å². The summed E-state index contributed by atoms with van der Waals surface area (Å²) < 4.78 is 31.2. The molecule has 4 heterocycles. The molecule has 0 saturated carbocycles. The topological polar surface area (TPSA) is 141 Å². The molecule has 0 unspecified atom stereocenters. The van der Waals surface area contributed by atoms with E-state index in [1.54, 1.807) is 22.7 Å². The van der Waals surface area contributed by atoms with Crippen molar-refractivity contribution in [1.29, 1.82) is 0 Å². The maximum absolute atomic E-state index is 13.0. The van der Waals surface area contributed by atoms with Gasteiger partial charge in [0.2, 0.25) is 12.2 Å². The number of aromatic nitrogens is 3. The Bertz CT molecular complexity index is 1690. The van der Waals surface area contributed by atoms with Crippen molar-refractivity contribution in [3.63, 3.8) is 0 Å². The third kappa shape index (κ3) is 8.67. The van der Waals surface area contributed by atoms with E-state index in [-0.39, 0.29) is 18.0 Å². The van der Waals surface area contributed by atoms with Crippen LogP contribution in [0, 0.1) is 0 Å². The molecular weight excluding hydrogens is 633 g/mol. The maximum atomic E-state index is 13.0. The number of fused-ring (bicyclic) bond motifs is 6. The first-order valence-electron chi connectivity index (χ1n) is 13.6. The van der Waals surface area contributed by atoms with Gasteiger partial charge >= 0.3 is 12.2 Å². The second kappa shape index (κ2) is 13.9. The number of carbonyl (C=O) groups excluding carboxylic acids is 3. The summed E-state index contributed by atoms with van der Waals surface area (Å²) in [7, 11) is 0. The van der Waals surface area contributed by atoms with Crippen molar-refractivity contribution in [2.75, 3.05) is 29.0 Å². The van der Waals surface area contributed by atoms with E-state index in [4.69, 9.17) is 16.4 Å². The van der Waals surface area contributed by atoms with E-state index in [0.29, 0.717) is 53.4 Å². The lowest BCUT2D eigenvalue weighted by Gasteiger charge is -2.18. The van der Waals surface area contributed by atoms with Gasteiger partial charge in [0.15, 0.2) is 10.8 Å². The van der Waals surface area contributed by atoms with E-state index in [1.165, 1.54) is 11.3 Å². The lowest BCUT2D eigenvalue weighted by molar-refractivity contribution is -0.156. The van der Waals surface area contributed by atoms with Gasteiger partial charge in [-0.25, -0.2) is 14.8 Å². The summed E-state index contributed by atoms with van der Waals surface area (Å²) in [5.74, 6) is 0.818. The molecule has 2 aliphatic heterocycles. The van der Waals surface area contributed by atoms with Crippen LogP contribution in [0.1, 0.15) is 27.3 Å². The van der Waals surface area contributed by atoms with Gasteiger partial charge in [0.05, 0.1) is 6.20 Å². The molecule has 3 amide bonds. The fourth-order valence-electron chi connectivity index (χ4n) is 4.74. The number of aldehydes is 1. The van der Waals surface area contributed by atoms with Gasteiger partial charge < -0.3 is 26.2 Å². The highest BCUT2D eigenvalue weighted by Gasteiger charge is 2.29. The van der Waals surface area contributed by atoms with Crippen molar-refractivity contribution in [1.82, 2.24) is 25.2 Å². The minimum atomic E-state index is -4.64. The minimum absolute atomic E-state index is 0.0979. The second-order valence-corrected chi connectivity index (χ2v) is 11.3. The number of rotatable bonds is 3. The van der Waals surface area contributed by atoms with Crippen LogP contribution in [0.4, 0.5) is 46.8 Å². The van der Waals surface area contributed by atoms with Gasteiger partial charge in [-0.2, -0.15) is 18.2 Å². The Morgan fingerprint density at radius 3 is 2.64 bits per heavy atom. The number of alkyl halides is 3. The van der Waals surface area contributed by atoms with Crippen molar-refractivity contribution in [3.8, 4) is 0 Å². The smallest absolute Gasteiger partial charge is 0.339 e. The molecule has 1 fully saturated rings. The summed E-state index contributed by atoms with van der Waals surface area (Å²) in [6.07, 6.45) is -0.371. The first-order valence-corrected chi connectivity index (χ1v) is 14.9. The van der Waals surface area contributed by atoms with Crippen LogP contribution in [-0.4, -0.2) is 63.4 Å². The van der Waals surface area contributed by atoms with E-state index in [2.05, 4.69) is 48.4 Å². The molecule has 16 heteroatoms. The monoisotopic (exact) mass is 658 g/mol. The van der Waals surface area contributed by atoms with Gasteiger partial charge in [-0.05, 0) is 60.7 Å². The molecule has 2 aromatic heterocycles. The summed E-state index contributed by atoms with van der Waals surface area (Å²) in [6, 6.07) is 13.4. The number of halogens is 4. The molecule has 2 aromatic carbocycles. The highest BCUT2D eigenvalue weighted by Crippen LogP contribution is 2.29. The Labute approximate surface area is 264 Å². The van der Waals surface area contributed by atoms with E-state index >= 15 is 0 Å². The third-order valence-electron chi connectivity index (χ3n) is 6.79. The van der Waals surface area contributed by atoms with Crippen LogP contribution in [0.2, 0.25) is 5.02 Å². The maximum Gasteiger partial charge on any atom is 0.446 e. The molecule has 11 nitrogen and oxygen atoms in total. The second-order valence-electron chi connectivity index (χ2n) is 10.0. The van der Waals surface area contributed by atoms with Crippen LogP contribution < -0.4 is 21.3 Å². The molecule has 0 aliphatic carbocycles. The number of thiazole rings is 1. The number of aryl methyl sites for hydroxylation is 2. The number of anilines is 5. The number of nitrogens with zero attached hydrogens (tertiary/aromatic N) is 4. The first-order chi connectivity index (χ1) is 21.6. The van der Waals surface area contributed by atoms with Crippen molar-refractivity contribution in [2.45, 2.75) is 31.5 Å². The van der Waals surface area contributed by atoms with Crippen LogP contribution >= 0.6 is 22.9 Å². The normalized spacial score (nSPS) is 15.5. The number of benzene rings is 2. The number of nitrogens with one attached hydrogen (secondary N) is 4. The molecule has 1 atom stereocenters.